The van der Waals surface area contributed by atoms with Gasteiger partial charge in [0.05, 0.1) is 5.75 Å². The zero-order valence-electron chi connectivity index (χ0n) is 11.9. The lowest BCUT2D eigenvalue weighted by Gasteiger charge is -2.12. The fraction of sp³-hybridized carbons (Fsp3) is 0.357. The van der Waals surface area contributed by atoms with Gasteiger partial charge in [0.1, 0.15) is 6.04 Å². The highest BCUT2D eigenvalue weighted by Gasteiger charge is 2.18. The molecule has 1 aromatic carbocycles. The molecular weight excluding hydrogens is 292 g/mol. The van der Waals surface area contributed by atoms with Crippen molar-refractivity contribution in [3.63, 3.8) is 0 Å². The smallest absolute Gasteiger partial charge is 0.327 e. The van der Waals surface area contributed by atoms with Crippen LogP contribution in [0, 0.1) is 6.92 Å². The lowest BCUT2D eigenvalue weighted by molar-refractivity contribution is -0.140. The van der Waals surface area contributed by atoms with E-state index in [4.69, 9.17) is 5.11 Å². The van der Waals surface area contributed by atoms with Gasteiger partial charge in [0, 0.05) is 18.4 Å². The van der Waals surface area contributed by atoms with E-state index < -0.39 is 17.9 Å². The molecule has 114 valence electrons. The van der Waals surface area contributed by atoms with Crippen molar-refractivity contribution in [1.29, 1.82) is 0 Å². The number of benzene rings is 1. The molecule has 6 nitrogen and oxygen atoms in total. The zero-order valence-corrected chi connectivity index (χ0v) is 12.7. The lowest BCUT2D eigenvalue weighted by Crippen LogP contribution is -2.41. The Labute approximate surface area is 127 Å². The number of rotatable bonds is 7. The Morgan fingerprint density at radius 3 is 2.38 bits per heavy atom. The van der Waals surface area contributed by atoms with Crippen LogP contribution in [0.3, 0.4) is 0 Å². The number of anilines is 1. The minimum atomic E-state index is -1.11. The van der Waals surface area contributed by atoms with E-state index in [1.807, 2.05) is 19.1 Å². The summed E-state index contributed by atoms with van der Waals surface area (Å²) in [6, 6.07) is 6.39. The number of nitrogens with one attached hydrogen (secondary N) is 2. The van der Waals surface area contributed by atoms with Crippen LogP contribution >= 0.6 is 11.8 Å². The average molecular weight is 310 g/mol. The van der Waals surface area contributed by atoms with Crippen LogP contribution in [0.15, 0.2) is 24.3 Å². The molecule has 21 heavy (non-hydrogen) atoms. The van der Waals surface area contributed by atoms with Crippen LogP contribution in [0.2, 0.25) is 0 Å². The maximum Gasteiger partial charge on any atom is 0.327 e. The first-order chi connectivity index (χ1) is 9.88. The Morgan fingerprint density at radius 2 is 1.86 bits per heavy atom. The predicted molar refractivity (Wildman–Crippen MR) is 82.4 cm³/mol. The Balaban J connectivity index is 2.36. The summed E-state index contributed by atoms with van der Waals surface area (Å²) in [5.74, 6) is -1.48. The number of aliphatic carboxylic acids is 1. The summed E-state index contributed by atoms with van der Waals surface area (Å²) in [6.45, 7) is 3.21. The topological polar surface area (TPSA) is 95.5 Å². The third kappa shape index (κ3) is 6.80. The first-order valence-corrected chi connectivity index (χ1v) is 7.48. The second-order valence-electron chi connectivity index (χ2n) is 4.52. The molecule has 0 radical (unpaired) electrons. The van der Waals surface area contributed by atoms with Crippen molar-refractivity contribution in [3.05, 3.63) is 29.8 Å². The molecule has 1 aromatic rings. The fourth-order valence-corrected chi connectivity index (χ4v) is 2.36. The Kier molecular flexibility index (Phi) is 6.74. The van der Waals surface area contributed by atoms with Gasteiger partial charge >= 0.3 is 5.97 Å². The molecule has 0 aliphatic carbocycles. The quantitative estimate of drug-likeness (QED) is 0.704. The number of carbonyl (C=O) groups is 3. The molecule has 0 unspecified atom stereocenters. The van der Waals surface area contributed by atoms with Gasteiger partial charge in [0.25, 0.3) is 0 Å². The van der Waals surface area contributed by atoms with Crippen molar-refractivity contribution in [2.24, 2.45) is 0 Å². The summed E-state index contributed by atoms with van der Waals surface area (Å²) in [6.07, 6.45) is 0. The molecule has 7 heteroatoms. The molecule has 0 bridgehead atoms. The van der Waals surface area contributed by atoms with E-state index >= 15 is 0 Å². The summed E-state index contributed by atoms with van der Waals surface area (Å²) in [7, 11) is 0. The van der Waals surface area contributed by atoms with Crippen LogP contribution in [-0.4, -0.2) is 40.4 Å². The molecule has 0 fully saturated rings. The van der Waals surface area contributed by atoms with Gasteiger partial charge in [-0.3, -0.25) is 9.59 Å². The fourth-order valence-electron chi connectivity index (χ4n) is 1.52. The molecule has 1 rings (SSSR count). The highest BCUT2D eigenvalue weighted by molar-refractivity contribution is 8.00. The van der Waals surface area contributed by atoms with E-state index in [-0.39, 0.29) is 17.4 Å². The summed E-state index contributed by atoms with van der Waals surface area (Å²) in [5.41, 5.74) is 1.80. The maximum absolute atomic E-state index is 11.7. The molecule has 2 amide bonds. The van der Waals surface area contributed by atoms with Crippen molar-refractivity contribution in [2.45, 2.75) is 19.9 Å². The number of aryl methyl sites for hydroxylation is 1. The van der Waals surface area contributed by atoms with E-state index in [2.05, 4.69) is 10.6 Å². The van der Waals surface area contributed by atoms with E-state index in [0.29, 0.717) is 5.69 Å². The standard InChI is InChI=1S/C14H18N2O4S/c1-9-3-5-11(6-4-9)16-13(18)8-21-7-12(14(19)20)15-10(2)17/h3-6,12H,7-8H2,1-2H3,(H,15,17)(H,16,18)(H,19,20)/t12-/m0/s1. The number of carboxylic acids is 1. The molecule has 0 aliphatic heterocycles. The number of hydrogen-bond acceptors (Lipinski definition) is 4. The summed E-state index contributed by atoms with van der Waals surface area (Å²) >= 11 is 1.15. The molecule has 1 atom stereocenters. The maximum atomic E-state index is 11.7. The van der Waals surface area contributed by atoms with Gasteiger partial charge in [-0.15, -0.1) is 11.8 Å². The Bertz CT molecular complexity index is 516. The largest absolute Gasteiger partial charge is 0.480 e. The van der Waals surface area contributed by atoms with Crippen LogP contribution in [0.25, 0.3) is 0 Å². The van der Waals surface area contributed by atoms with Crippen molar-refractivity contribution < 1.29 is 19.5 Å². The van der Waals surface area contributed by atoms with Crippen LogP contribution in [0.4, 0.5) is 5.69 Å². The normalized spacial score (nSPS) is 11.5. The predicted octanol–water partition coefficient (Wildman–Crippen LogP) is 1.26. The molecule has 0 heterocycles. The van der Waals surface area contributed by atoms with Crippen LogP contribution in [-0.2, 0) is 14.4 Å². The second-order valence-corrected chi connectivity index (χ2v) is 5.55. The number of amides is 2. The van der Waals surface area contributed by atoms with Gasteiger partial charge in [-0.05, 0) is 19.1 Å². The first-order valence-electron chi connectivity index (χ1n) is 6.32. The minimum Gasteiger partial charge on any atom is -0.480 e. The van der Waals surface area contributed by atoms with Crippen LogP contribution in [0.5, 0.6) is 0 Å². The molecule has 0 saturated carbocycles. The van der Waals surface area contributed by atoms with Crippen LogP contribution in [0.1, 0.15) is 12.5 Å². The van der Waals surface area contributed by atoms with Crippen LogP contribution < -0.4 is 10.6 Å². The molecule has 0 aliphatic rings. The Hall–Kier alpha value is -2.02. The van der Waals surface area contributed by atoms with E-state index in [0.717, 1.165) is 17.3 Å². The number of thioether (sulfide) groups is 1. The van der Waals surface area contributed by atoms with Crippen molar-refractivity contribution in [3.8, 4) is 0 Å². The van der Waals surface area contributed by atoms with Gasteiger partial charge in [0.15, 0.2) is 0 Å². The average Bonchev–Trinajstić information content (AvgIpc) is 2.39. The SMILES string of the molecule is CC(=O)N[C@@H](CSCC(=O)Nc1ccc(C)cc1)C(=O)O. The van der Waals surface area contributed by atoms with E-state index in [1.165, 1.54) is 6.92 Å². The van der Waals surface area contributed by atoms with Gasteiger partial charge < -0.3 is 15.7 Å². The summed E-state index contributed by atoms with van der Waals surface area (Å²) in [4.78, 5) is 33.5. The van der Waals surface area contributed by atoms with E-state index in [9.17, 15) is 14.4 Å². The highest BCUT2D eigenvalue weighted by atomic mass is 32.2. The van der Waals surface area contributed by atoms with Gasteiger partial charge in [-0.25, -0.2) is 4.79 Å². The van der Waals surface area contributed by atoms with Crippen molar-refractivity contribution in [2.75, 3.05) is 16.8 Å². The lowest BCUT2D eigenvalue weighted by atomic mass is 10.2. The van der Waals surface area contributed by atoms with Gasteiger partial charge in [-0.1, -0.05) is 17.7 Å². The monoisotopic (exact) mass is 310 g/mol. The zero-order chi connectivity index (χ0) is 15.8. The summed E-state index contributed by atoms with van der Waals surface area (Å²) in [5, 5.41) is 14.0. The van der Waals surface area contributed by atoms with Crippen molar-refractivity contribution in [1.82, 2.24) is 5.32 Å². The minimum absolute atomic E-state index is 0.122. The van der Waals surface area contributed by atoms with Gasteiger partial charge in [0.2, 0.25) is 11.8 Å². The number of carbonyl (C=O) groups excluding carboxylic acids is 2. The van der Waals surface area contributed by atoms with Crippen molar-refractivity contribution >= 4 is 35.2 Å². The number of hydrogen-bond donors (Lipinski definition) is 3. The third-order valence-electron chi connectivity index (χ3n) is 2.53. The molecule has 0 saturated heterocycles. The number of carboxylic acid groups (broad SMARTS) is 1. The third-order valence-corrected chi connectivity index (χ3v) is 3.56. The summed E-state index contributed by atoms with van der Waals surface area (Å²) < 4.78 is 0. The molecule has 0 aromatic heterocycles. The molecule has 0 spiro atoms. The Morgan fingerprint density at radius 1 is 1.24 bits per heavy atom. The molecule has 3 N–H and O–H groups in total. The second kappa shape index (κ2) is 8.31. The molecular formula is C14H18N2O4S. The highest BCUT2D eigenvalue weighted by Crippen LogP contribution is 2.10. The van der Waals surface area contributed by atoms with Gasteiger partial charge in [-0.2, -0.15) is 0 Å². The first kappa shape index (κ1) is 17.0. The van der Waals surface area contributed by atoms with E-state index in [1.54, 1.807) is 12.1 Å².